The molecule has 0 unspecified atom stereocenters. The Labute approximate surface area is 131 Å². The van der Waals surface area contributed by atoms with Crippen LogP contribution in [0.2, 0.25) is 0 Å². The summed E-state index contributed by atoms with van der Waals surface area (Å²) in [5.41, 5.74) is 3.46. The predicted octanol–water partition coefficient (Wildman–Crippen LogP) is 4.50. The summed E-state index contributed by atoms with van der Waals surface area (Å²) in [6.45, 7) is 6.25. The topological polar surface area (TPSA) is 42.2 Å². The molecule has 3 rings (SSSR count). The fourth-order valence-corrected chi connectivity index (χ4v) is 2.98. The molecule has 0 radical (unpaired) electrons. The number of rotatable bonds is 4. The number of pyridine rings is 1. The molecule has 2 heterocycles. The molecule has 0 amide bonds. The lowest BCUT2D eigenvalue weighted by atomic mass is 10.2. The van der Waals surface area contributed by atoms with Gasteiger partial charge in [-0.3, -0.25) is 0 Å². The minimum Gasteiger partial charge on any atom is -0.434 e. The van der Waals surface area contributed by atoms with Crippen LogP contribution < -0.4 is 4.90 Å². The Kier molecular flexibility index (Phi) is 3.92. The maximum Gasteiger partial charge on any atom is 0.228 e. The molecule has 1 aromatic carbocycles. The first kappa shape index (κ1) is 14.1. The van der Waals surface area contributed by atoms with Crippen molar-refractivity contribution in [2.75, 3.05) is 18.0 Å². The van der Waals surface area contributed by atoms with Crippen LogP contribution in [0.5, 0.6) is 0 Å². The number of hydrogen-bond donors (Lipinski definition) is 0. The highest BCUT2D eigenvalue weighted by atomic mass is 79.9. The van der Waals surface area contributed by atoms with E-state index in [9.17, 15) is 0 Å². The molecule has 0 saturated carbocycles. The smallest absolute Gasteiger partial charge is 0.228 e. The fourth-order valence-electron chi connectivity index (χ4n) is 2.35. The van der Waals surface area contributed by atoms with Gasteiger partial charge in [-0.25, -0.2) is 4.98 Å². The van der Waals surface area contributed by atoms with E-state index in [1.807, 2.05) is 24.3 Å². The average Bonchev–Trinajstić information content (AvgIpc) is 2.94. The normalized spacial score (nSPS) is 11.0. The monoisotopic (exact) mass is 345 g/mol. The number of fused-ring (bicyclic) bond motifs is 1. The molecule has 4 nitrogen and oxygen atoms in total. The van der Waals surface area contributed by atoms with Gasteiger partial charge in [-0.1, -0.05) is 0 Å². The molecule has 2 aromatic heterocycles. The van der Waals surface area contributed by atoms with Crippen molar-refractivity contribution in [3.8, 4) is 11.5 Å². The predicted molar refractivity (Wildman–Crippen MR) is 88.5 cm³/mol. The SMILES string of the molecule is CCN(CC)c1ccc(-c2nc3ncccc3o2)cc1Br. The maximum atomic E-state index is 5.75. The number of aromatic nitrogens is 2. The summed E-state index contributed by atoms with van der Waals surface area (Å²) in [7, 11) is 0. The van der Waals surface area contributed by atoms with Crippen molar-refractivity contribution in [1.29, 1.82) is 0 Å². The maximum absolute atomic E-state index is 5.75. The van der Waals surface area contributed by atoms with Crippen LogP contribution in [0, 0.1) is 0 Å². The molecular weight excluding hydrogens is 330 g/mol. The van der Waals surface area contributed by atoms with Crippen molar-refractivity contribution >= 4 is 32.8 Å². The highest BCUT2D eigenvalue weighted by molar-refractivity contribution is 9.10. The lowest BCUT2D eigenvalue weighted by Gasteiger charge is -2.22. The van der Waals surface area contributed by atoms with Crippen molar-refractivity contribution in [2.45, 2.75) is 13.8 Å². The molecule has 0 saturated heterocycles. The number of anilines is 1. The highest BCUT2D eigenvalue weighted by Crippen LogP contribution is 2.32. The largest absolute Gasteiger partial charge is 0.434 e. The first-order chi connectivity index (χ1) is 10.2. The van der Waals surface area contributed by atoms with Gasteiger partial charge in [0, 0.05) is 29.3 Å². The van der Waals surface area contributed by atoms with E-state index in [-0.39, 0.29) is 0 Å². The van der Waals surface area contributed by atoms with Gasteiger partial charge in [-0.2, -0.15) is 4.98 Å². The Morgan fingerprint density at radius 2 is 2.00 bits per heavy atom. The minimum absolute atomic E-state index is 0.593. The van der Waals surface area contributed by atoms with Crippen LogP contribution >= 0.6 is 15.9 Å². The lowest BCUT2D eigenvalue weighted by molar-refractivity contribution is 0.619. The molecule has 21 heavy (non-hydrogen) atoms. The van der Waals surface area contributed by atoms with Gasteiger partial charge in [-0.15, -0.1) is 0 Å². The van der Waals surface area contributed by atoms with Crippen LogP contribution in [0.3, 0.4) is 0 Å². The standard InChI is InChI=1S/C16H16BrN3O/c1-3-20(4-2)13-8-7-11(10-12(13)17)16-19-15-14(21-16)6-5-9-18-15/h5-10H,3-4H2,1-2H3. The summed E-state index contributed by atoms with van der Waals surface area (Å²) in [6.07, 6.45) is 1.72. The van der Waals surface area contributed by atoms with Crippen molar-refractivity contribution in [1.82, 2.24) is 9.97 Å². The Balaban J connectivity index is 2.01. The van der Waals surface area contributed by atoms with Crippen LogP contribution in [-0.4, -0.2) is 23.1 Å². The zero-order valence-corrected chi connectivity index (χ0v) is 13.6. The van der Waals surface area contributed by atoms with E-state index in [4.69, 9.17) is 4.42 Å². The van der Waals surface area contributed by atoms with Crippen molar-refractivity contribution < 1.29 is 4.42 Å². The molecule has 0 aliphatic heterocycles. The minimum atomic E-state index is 0.593. The zero-order valence-electron chi connectivity index (χ0n) is 12.0. The summed E-state index contributed by atoms with van der Waals surface area (Å²) in [4.78, 5) is 10.9. The summed E-state index contributed by atoms with van der Waals surface area (Å²) < 4.78 is 6.79. The summed E-state index contributed by atoms with van der Waals surface area (Å²) in [6, 6.07) is 9.88. The molecule has 0 aliphatic carbocycles. The third-order valence-electron chi connectivity index (χ3n) is 3.46. The molecule has 0 spiro atoms. The third-order valence-corrected chi connectivity index (χ3v) is 4.10. The number of nitrogens with zero attached hydrogens (tertiary/aromatic N) is 3. The quantitative estimate of drug-likeness (QED) is 0.698. The number of oxazole rings is 1. The van der Waals surface area contributed by atoms with Crippen LogP contribution in [0.15, 0.2) is 45.4 Å². The molecule has 108 valence electrons. The van der Waals surface area contributed by atoms with Gasteiger partial charge in [0.2, 0.25) is 5.89 Å². The Bertz CT molecular complexity index is 732. The van der Waals surface area contributed by atoms with Gasteiger partial charge >= 0.3 is 0 Å². The van der Waals surface area contributed by atoms with Gasteiger partial charge in [0.05, 0.1) is 5.69 Å². The van der Waals surface area contributed by atoms with Crippen LogP contribution in [0.1, 0.15) is 13.8 Å². The van der Waals surface area contributed by atoms with Crippen LogP contribution in [-0.2, 0) is 0 Å². The van der Waals surface area contributed by atoms with Gasteiger partial charge in [0.15, 0.2) is 11.2 Å². The van der Waals surface area contributed by atoms with Crippen molar-refractivity contribution in [3.05, 3.63) is 41.0 Å². The summed E-state index contributed by atoms with van der Waals surface area (Å²) in [5.74, 6) is 0.593. The van der Waals surface area contributed by atoms with Crippen molar-refractivity contribution in [2.24, 2.45) is 0 Å². The van der Waals surface area contributed by atoms with E-state index in [0.717, 1.165) is 23.1 Å². The van der Waals surface area contributed by atoms with E-state index in [1.165, 1.54) is 5.69 Å². The molecule has 0 aliphatic rings. The molecule has 0 N–H and O–H groups in total. The van der Waals surface area contributed by atoms with E-state index < -0.39 is 0 Å². The Morgan fingerprint density at radius 3 is 2.67 bits per heavy atom. The Hall–Kier alpha value is -1.88. The highest BCUT2D eigenvalue weighted by Gasteiger charge is 2.12. The molecule has 0 atom stereocenters. The van der Waals surface area contributed by atoms with E-state index in [2.05, 4.69) is 50.7 Å². The molecule has 0 bridgehead atoms. The summed E-state index contributed by atoms with van der Waals surface area (Å²) in [5, 5.41) is 0. The first-order valence-electron chi connectivity index (χ1n) is 6.99. The van der Waals surface area contributed by atoms with Crippen LogP contribution in [0.25, 0.3) is 22.7 Å². The van der Waals surface area contributed by atoms with E-state index >= 15 is 0 Å². The molecular formula is C16H16BrN3O. The number of halogens is 1. The molecule has 5 heteroatoms. The van der Waals surface area contributed by atoms with Crippen molar-refractivity contribution in [3.63, 3.8) is 0 Å². The zero-order chi connectivity index (χ0) is 14.8. The average molecular weight is 346 g/mol. The van der Waals surface area contributed by atoms with Crippen LogP contribution in [0.4, 0.5) is 5.69 Å². The van der Waals surface area contributed by atoms with E-state index in [1.54, 1.807) is 6.20 Å². The fraction of sp³-hybridized carbons (Fsp3) is 0.250. The first-order valence-corrected chi connectivity index (χ1v) is 7.78. The molecule has 0 fully saturated rings. The molecule has 3 aromatic rings. The summed E-state index contributed by atoms with van der Waals surface area (Å²) >= 11 is 3.64. The van der Waals surface area contributed by atoms with E-state index in [0.29, 0.717) is 17.1 Å². The number of benzene rings is 1. The van der Waals surface area contributed by atoms with Gasteiger partial charge in [0.1, 0.15) is 0 Å². The Morgan fingerprint density at radius 1 is 1.19 bits per heavy atom. The second kappa shape index (κ2) is 5.85. The van der Waals surface area contributed by atoms with Gasteiger partial charge in [0.25, 0.3) is 0 Å². The third kappa shape index (κ3) is 2.65. The lowest BCUT2D eigenvalue weighted by Crippen LogP contribution is -2.22. The van der Waals surface area contributed by atoms with Gasteiger partial charge < -0.3 is 9.32 Å². The second-order valence-corrected chi connectivity index (χ2v) is 5.54. The second-order valence-electron chi connectivity index (χ2n) is 4.68. The van der Waals surface area contributed by atoms with Gasteiger partial charge in [-0.05, 0) is 60.1 Å². The number of hydrogen-bond acceptors (Lipinski definition) is 4.